The van der Waals surface area contributed by atoms with Crippen LogP contribution in [0.15, 0.2) is 42.6 Å². The fourth-order valence-electron chi connectivity index (χ4n) is 1.78. The highest BCUT2D eigenvalue weighted by molar-refractivity contribution is 5.74. The van der Waals surface area contributed by atoms with Gasteiger partial charge in [0.05, 0.1) is 19.1 Å². The Morgan fingerprint density at radius 3 is 2.70 bits per heavy atom. The Hall–Kier alpha value is -2.56. The number of nitrogens with two attached hydrogens (primary N) is 1. The van der Waals surface area contributed by atoms with E-state index in [0.717, 1.165) is 11.1 Å². The molecule has 0 saturated carbocycles. The highest BCUT2D eigenvalue weighted by Gasteiger charge is 2.10. The molecule has 0 aliphatic carbocycles. The van der Waals surface area contributed by atoms with Crippen LogP contribution in [-0.2, 0) is 22.6 Å². The Morgan fingerprint density at radius 1 is 1.20 bits per heavy atom. The van der Waals surface area contributed by atoms with Gasteiger partial charge in [0.15, 0.2) is 0 Å². The number of aromatic nitrogens is 1. The number of hydrogen-bond donors (Lipinski definition) is 1. The smallest absolute Gasteiger partial charge is 0.310 e. The number of carbonyl (C=O) groups excluding carboxylic acids is 1. The number of ether oxygens (including phenoxy) is 2. The Bertz CT molecular complexity index is 599. The topological polar surface area (TPSA) is 74.4 Å². The van der Waals surface area contributed by atoms with Crippen molar-refractivity contribution in [2.24, 2.45) is 0 Å². The van der Waals surface area contributed by atoms with Crippen LogP contribution < -0.4 is 10.5 Å². The van der Waals surface area contributed by atoms with Crippen molar-refractivity contribution in [3.8, 4) is 5.88 Å². The third-order valence-electron chi connectivity index (χ3n) is 2.82. The molecule has 0 radical (unpaired) electrons. The van der Waals surface area contributed by atoms with Crippen LogP contribution in [0.1, 0.15) is 11.1 Å². The van der Waals surface area contributed by atoms with Crippen molar-refractivity contribution >= 4 is 11.7 Å². The quantitative estimate of drug-likeness (QED) is 0.665. The number of para-hydroxylation sites is 1. The molecule has 104 valence electrons. The first-order valence-electron chi connectivity index (χ1n) is 6.17. The third kappa shape index (κ3) is 3.47. The van der Waals surface area contributed by atoms with E-state index in [1.807, 2.05) is 12.1 Å². The van der Waals surface area contributed by atoms with E-state index >= 15 is 0 Å². The number of anilines is 1. The minimum absolute atomic E-state index is 0.128. The molecule has 1 heterocycles. The second-order valence-corrected chi connectivity index (χ2v) is 4.21. The zero-order valence-corrected chi connectivity index (χ0v) is 11.2. The van der Waals surface area contributed by atoms with Gasteiger partial charge in [-0.05, 0) is 23.8 Å². The van der Waals surface area contributed by atoms with E-state index in [-0.39, 0.29) is 19.0 Å². The lowest BCUT2D eigenvalue weighted by atomic mass is 10.1. The van der Waals surface area contributed by atoms with Gasteiger partial charge in [-0.15, -0.1) is 0 Å². The Morgan fingerprint density at radius 2 is 1.95 bits per heavy atom. The maximum atomic E-state index is 11.8. The van der Waals surface area contributed by atoms with Crippen molar-refractivity contribution in [2.75, 3.05) is 12.8 Å². The zero-order valence-electron chi connectivity index (χ0n) is 11.2. The summed E-state index contributed by atoms with van der Waals surface area (Å²) in [4.78, 5) is 15.8. The molecule has 1 aromatic carbocycles. The second-order valence-electron chi connectivity index (χ2n) is 4.21. The molecule has 0 saturated heterocycles. The van der Waals surface area contributed by atoms with Crippen molar-refractivity contribution in [3.05, 3.63) is 53.7 Å². The van der Waals surface area contributed by atoms with Crippen LogP contribution >= 0.6 is 0 Å². The average molecular weight is 272 g/mol. The molecule has 0 bridgehead atoms. The highest BCUT2D eigenvalue weighted by Crippen LogP contribution is 2.16. The molecule has 0 atom stereocenters. The predicted molar refractivity (Wildman–Crippen MR) is 75.1 cm³/mol. The summed E-state index contributed by atoms with van der Waals surface area (Å²) < 4.78 is 10.3. The minimum atomic E-state index is -0.339. The van der Waals surface area contributed by atoms with Crippen molar-refractivity contribution in [3.63, 3.8) is 0 Å². The maximum Gasteiger partial charge on any atom is 0.310 e. The number of methoxy groups -OCH3 is 1. The second kappa shape index (κ2) is 6.56. The summed E-state index contributed by atoms with van der Waals surface area (Å²) in [5.74, 6) is 0.119. The lowest BCUT2D eigenvalue weighted by molar-refractivity contribution is -0.144. The van der Waals surface area contributed by atoms with Crippen LogP contribution in [0.5, 0.6) is 5.88 Å². The largest absolute Gasteiger partial charge is 0.481 e. The van der Waals surface area contributed by atoms with Crippen LogP contribution in [-0.4, -0.2) is 18.1 Å². The summed E-state index contributed by atoms with van der Waals surface area (Å²) in [7, 11) is 1.53. The zero-order chi connectivity index (χ0) is 14.4. The van der Waals surface area contributed by atoms with E-state index in [1.54, 1.807) is 30.5 Å². The molecule has 0 spiro atoms. The van der Waals surface area contributed by atoms with Crippen molar-refractivity contribution < 1.29 is 14.3 Å². The summed E-state index contributed by atoms with van der Waals surface area (Å²) in [6.07, 6.45) is 1.77. The van der Waals surface area contributed by atoms with E-state index in [0.29, 0.717) is 11.6 Å². The molecule has 0 aliphatic rings. The van der Waals surface area contributed by atoms with Crippen molar-refractivity contribution in [1.82, 2.24) is 4.98 Å². The summed E-state index contributed by atoms with van der Waals surface area (Å²) in [6.45, 7) is 0.128. The summed E-state index contributed by atoms with van der Waals surface area (Å²) in [5, 5.41) is 0. The lowest BCUT2D eigenvalue weighted by Gasteiger charge is -2.09. The first-order chi connectivity index (χ1) is 9.70. The summed E-state index contributed by atoms with van der Waals surface area (Å²) in [6, 6.07) is 10.8. The molecule has 0 fully saturated rings. The average Bonchev–Trinajstić information content (AvgIpc) is 2.48. The van der Waals surface area contributed by atoms with Gasteiger partial charge in [-0.2, -0.15) is 0 Å². The number of nitrogen functional groups attached to an aromatic ring is 1. The number of pyridine rings is 1. The molecular formula is C15H16N2O3. The van der Waals surface area contributed by atoms with E-state index in [4.69, 9.17) is 15.2 Å². The molecule has 2 rings (SSSR count). The number of nitrogens with zero attached hydrogens (tertiary/aromatic N) is 1. The van der Waals surface area contributed by atoms with Crippen LogP contribution in [0.2, 0.25) is 0 Å². The lowest BCUT2D eigenvalue weighted by Crippen LogP contribution is -2.10. The molecule has 20 heavy (non-hydrogen) atoms. The van der Waals surface area contributed by atoms with E-state index in [1.165, 1.54) is 7.11 Å². The Kier molecular flexibility index (Phi) is 4.55. The molecular weight excluding hydrogens is 256 g/mol. The molecule has 5 nitrogen and oxygen atoms in total. The van der Waals surface area contributed by atoms with Gasteiger partial charge >= 0.3 is 5.97 Å². The summed E-state index contributed by atoms with van der Waals surface area (Å²) >= 11 is 0. The molecule has 2 N–H and O–H groups in total. The normalized spacial score (nSPS) is 10.1. The number of hydrogen-bond acceptors (Lipinski definition) is 5. The van der Waals surface area contributed by atoms with Crippen LogP contribution in [0.25, 0.3) is 0 Å². The van der Waals surface area contributed by atoms with E-state index in [9.17, 15) is 4.79 Å². The van der Waals surface area contributed by atoms with Gasteiger partial charge in [0.1, 0.15) is 6.61 Å². The summed E-state index contributed by atoms with van der Waals surface area (Å²) in [5.41, 5.74) is 7.86. The number of carbonyl (C=O) groups is 1. The van der Waals surface area contributed by atoms with Gasteiger partial charge in [0.25, 0.3) is 0 Å². The van der Waals surface area contributed by atoms with Gasteiger partial charge in [0.2, 0.25) is 5.88 Å². The fourth-order valence-corrected chi connectivity index (χ4v) is 1.78. The highest BCUT2D eigenvalue weighted by atomic mass is 16.5. The monoisotopic (exact) mass is 272 g/mol. The van der Waals surface area contributed by atoms with E-state index in [2.05, 4.69) is 4.98 Å². The first-order valence-corrected chi connectivity index (χ1v) is 6.17. The molecule has 0 aliphatic heterocycles. The Balaban J connectivity index is 1.94. The minimum Gasteiger partial charge on any atom is -0.481 e. The van der Waals surface area contributed by atoms with Gasteiger partial charge in [-0.3, -0.25) is 4.79 Å². The van der Waals surface area contributed by atoms with Gasteiger partial charge in [-0.1, -0.05) is 18.2 Å². The third-order valence-corrected chi connectivity index (χ3v) is 2.82. The van der Waals surface area contributed by atoms with Crippen molar-refractivity contribution in [1.29, 1.82) is 0 Å². The molecule has 2 aromatic rings. The van der Waals surface area contributed by atoms with Gasteiger partial charge < -0.3 is 15.2 Å². The fraction of sp³-hybridized carbons (Fsp3) is 0.200. The van der Waals surface area contributed by atoms with E-state index < -0.39 is 0 Å². The van der Waals surface area contributed by atoms with Crippen LogP contribution in [0.4, 0.5) is 5.69 Å². The number of benzene rings is 1. The van der Waals surface area contributed by atoms with Crippen LogP contribution in [0.3, 0.4) is 0 Å². The SMILES string of the molecule is COc1ncccc1COC(=O)Cc1ccccc1N. The molecule has 0 amide bonds. The van der Waals surface area contributed by atoms with Gasteiger partial charge in [0, 0.05) is 11.9 Å². The molecule has 0 unspecified atom stereocenters. The molecule has 5 heteroatoms. The van der Waals surface area contributed by atoms with Crippen LogP contribution in [0, 0.1) is 0 Å². The number of rotatable bonds is 5. The molecule has 1 aromatic heterocycles. The first kappa shape index (κ1) is 13.9. The predicted octanol–water partition coefficient (Wildman–Crippen LogP) is 1.96. The van der Waals surface area contributed by atoms with Gasteiger partial charge in [-0.25, -0.2) is 4.98 Å². The Labute approximate surface area is 117 Å². The van der Waals surface area contributed by atoms with Crippen molar-refractivity contribution in [2.45, 2.75) is 13.0 Å². The maximum absolute atomic E-state index is 11.8. The standard InChI is InChI=1S/C15H16N2O3/c1-19-15-12(6-4-8-17-15)10-20-14(18)9-11-5-2-3-7-13(11)16/h2-8H,9-10,16H2,1H3. The number of esters is 1.